The second-order valence-electron chi connectivity index (χ2n) is 5.42. The maximum Gasteiger partial charge on any atom is 0.240 e. The molecular weight excluding hydrogens is 290 g/mol. The van der Waals surface area contributed by atoms with E-state index in [1.165, 1.54) is 11.8 Å². The molecule has 0 atom stereocenters. The molecule has 0 spiro atoms. The lowest BCUT2D eigenvalue weighted by Crippen LogP contribution is -2.40. The van der Waals surface area contributed by atoms with Crippen LogP contribution in [0.4, 0.5) is 5.69 Å². The first kappa shape index (κ1) is 16.7. The summed E-state index contributed by atoms with van der Waals surface area (Å²) in [5, 5.41) is 2.79. The van der Waals surface area contributed by atoms with Crippen LogP contribution in [0.15, 0.2) is 42.6 Å². The summed E-state index contributed by atoms with van der Waals surface area (Å²) in [7, 11) is 0. The molecule has 0 aliphatic carbocycles. The van der Waals surface area contributed by atoms with Gasteiger partial charge in [0.1, 0.15) is 6.54 Å². The van der Waals surface area contributed by atoms with Crippen molar-refractivity contribution in [1.29, 1.82) is 0 Å². The van der Waals surface area contributed by atoms with Crippen LogP contribution >= 0.6 is 0 Å². The molecule has 0 saturated carbocycles. The first-order chi connectivity index (χ1) is 11.0. The molecule has 2 aromatic rings. The SMILES string of the molecule is CC(=O)N(CC(=O)NCc1ccccn1)c1cccc(C)c1C. The molecule has 1 N–H and O–H groups in total. The Hall–Kier alpha value is -2.69. The highest BCUT2D eigenvalue weighted by Gasteiger charge is 2.18. The van der Waals surface area contributed by atoms with Crippen LogP contribution in [0.1, 0.15) is 23.7 Å². The fourth-order valence-electron chi connectivity index (χ4n) is 2.29. The maximum absolute atomic E-state index is 12.2. The predicted octanol–water partition coefficient (Wildman–Crippen LogP) is 2.37. The molecule has 120 valence electrons. The van der Waals surface area contributed by atoms with Crippen molar-refractivity contribution in [1.82, 2.24) is 10.3 Å². The monoisotopic (exact) mass is 311 g/mol. The van der Waals surface area contributed by atoms with Crippen LogP contribution < -0.4 is 10.2 Å². The van der Waals surface area contributed by atoms with Crippen LogP contribution in [0.25, 0.3) is 0 Å². The number of hydrogen-bond acceptors (Lipinski definition) is 3. The number of aromatic nitrogens is 1. The largest absolute Gasteiger partial charge is 0.349 e. The van der Waals surface area contributed by atoms with Gasteiger partial charge in [0, 0.05) is 18.8 Å². The minimum atomic E-state index is -0.216. The number of anilines is 1. The van der Waals surface area contributed by atoms with Gasteiger partial charge in [-0.2, -0.15) is 0 Å². The molecule has 0 aliphatic rings. The molecule has 1 aromatic carbocycles. The average Bonchev–Trinajstić information content (AvgIpc) is 2.54. The number of nitrogens with zero attached hydrogens (tertiary/aromatic N) is 2. The molecule has 2 amide bonds. The molecule has 1 heterocycles. The predicted molar refractivity (Wildman–Crippen MR) is 90.0 cm³/mol. The number of carbonyl (C=O) groups is 2. The van der Waals surface area contributed by atoms with Gasteiger partial charge in [-0.25, -0.2) is 0 Å². The molecule has 0 aliphatic heterocycles. The van der Waals surface area contributed by atoms with E-state index >= 15 is 0 Å². The van der Waals surface area contributed by atoms with Gasteiger partial charge in [0.15, 0.2) is 0 Å². The average molecular weight is 311 g/mol. The zero-order chi connectivity index (χ0) is 16.8. The lowest BCUT2D eigenvalue weighted by Gasteiger charge is -2.23. The summed E-state index contributed by atoms with van der Waals surface area (Å²) in [5.74, 6) is -0.376. The van der Waals surface area contributed by atoms with E-state index in [2.05, 4.69) is 10.3 Å². The van der Waals surface area contributed by atoms with Crippen molar-refractivity contribution in [2.24, 2.45) is 0 Å². The van der Waals surface area contributed by atoms with Crippen LogP contribution in [-0.2, 0) is 16.1 Å². The number of pyridine rings is 1. The van der Waals surface area contributed by atoms with Gasteiger partial charge in [0.05, 0.1) is 12.2 Å². The van der Waals surface area contributed by atoms with Crippen LogP contribution in [0.3, 0.4) is 0 Å². The van der Waals surface area contributed by atoms with E-state index in [0.717, 1.165) is 22.5 Å². The second kappa shape index (κ2) is 7.54. The van der Waals surface area contributed by atoms with Gasteiger partial charge in [0.2, 0.25) is 11.8 Å². The van der Waals surface area contributed by atoms with Crippen molar-refractivity contribution in [2.75, 3.05) is 11.4 Å². The van der Waals surface area contributed by atoms with Crippen LogP contribution in [0.2, 0.25) is 0 Å². The van der Waals surface area contributed by atoms with E-state index in [1.807, 2.05) is 50.2 Å². The third-order valence-corrected chi connectivity index (χ3v) is 3.74. The van der Waals surface area contributed by atoms with Gasteiger partial charge in [-0.05, 0) is 43.2 Å². The van der Waals surface area contributed by atoms with Crippen molar-refractivity contribution in [3.8, 4) is 0 Å². The second-order valence-corrected chi connectivity index (χ2v) is 5.42. The fourth-order valence-corrected chi connectivity index (χ4v) is 2.29. The number of amides is 2. The maximum atomic E-state index is 12.2. The van der Waals surface area contributed by atoms with E-state index in [4.69, 9.17) is 0 Å². The summed E-state index contributed by atoms with van der Waals surface area (Å²) < 4.78 is 0. The van der Waals surface area contributed by atoms with E-state index in [9.17, 15) is 9.59 Å². The topological polar surface area (TPSA) is 62.3 Å². The van der Waals surface area contributed by atoms with Crippen molar-refractivity contribution in [3.63, 3.8) is 0 Å². The molecule has 2 rings (SSSR count). The number of rotatable bonds is 5. The summed E-state index contributed by atoms with van der Waals surface area (Å²) in [4.78, 5) is 29.8. The summed E-state index contributed by atoms with van der Waals surface area (Å²) in [6.45, 7) is 5.74. The Kier molecular flexibility index (Phi) is 5.46. The summed E-state index contributed by atoms with van der Waals surface area (Å²) in [6.07, 6.45) is 1.68. The first-order valence-corrected chi connectivity index (χ1v) is 7.50. The van der Waals surface area contributed by atoms with Gasteiger partial charge >= 0.3 is 0 Å². The Morgan fingerprint density at radius 1 is 1.13 bits per heavy atom. The summed E-state index contributed by atoms with van der Waals surface area (Å²) in [6, 6.07) is 11.3. The Labute approximate surface area is 136 Å². The highest BCUT2D eigenvalue weighted by atomic mass is 16.2. The molecule has 0 saturated heterocycles. The molecule has 0 unspecified atom stereocenters. The molecule has 5 heteroatoms. The molecule has 5 nitrogen and oxygen atoms in total. The van der Waals surface area contributed by atoms with Gasteiger partial charge < -0.3 is 10.2 Å². The Morgan fingerprint density at radius 2 is 1.91 bits per heavy atom. The minimum Gasteiger partial charge on any atom is -0.349 e. The van der Waals surface area contributed by atoms with Gasteiger partial charge in [0.25, 0.3) is 0 Å². The highest BCUT2D eigenvalue weighted by molar-refractivity contribution is 5.98. The van der Waals surface area contributed by atoms with E-state index in [0.29, 0.717) is 6.54 Å². The van der Waals surface area contributed by atoms with Gasteiger partial charge in [-0.15, -0.1) is 0 Å². The third kappa shape index (κ3) is 4.39. The van der Waals surface area contributed by atoms with Crippen LogP contribution in [-0.4, -0.2) is 23.3 Å². The quantitative estimate of drug-likeness (QED) is 0.922. The Balaban J connectivity index is 2.06. The molecule has 0 radical (unpaired) electrons. The smallest absolute Gasteiger partial charge is 0.240 e. The molecule has 1 aromatic heterocycles. The molecule has 0 bridgehead atoms. The van der Waals surface area contributed by atoms with E-state index in [-0.39, 0.29) is 18.4 Å². The molecule has 23 heavy (non-hydrogen) atoms. The number of aryl methyl sites for hydroxylation is 1. The van der Waals surface area contributed by atoms with Crippen LogP contribution in [0.5, 0.6) is 0 Å². The van der Waals surface area contributed by atoms with Crippen molar-refractivity contribution in [2.45, 2.75) is 27.3 Å². The summed E-state index contributed by atoms with van der Waals surface area (Å²) >= 11 is 0. The van der Waals surface area contributed by atoms with Crippen molar-refractivity contribution in [3.05, 3.63) is 59.4 Å². The normalized spacial score (nSPS) is 10.2. The zero-order valence-corrected chi connectivity index (χ0v) is 13.7. The zero-order valence-electron chi connectivity index (χ0n) is 13.7. The Morgan fingerprint density at radius 3 is 2.57 bits per heavy atom. The lowest BCUT2D eigenvalue weighted by molar-refractivity contribution is -0.123. The van der Waals surface area contributed by atoms with Gasteiger partial charge in [-0.3, -0.25) is 14.6 Å². The standard InChI is InChI=1S/C18H21N3O2/c1-13-7-6-9-17(14(13)2)21(15(3)22)12-18(23)20-11-16-8-4-5-10-19-16/h4-10H,11-12H2,1-3H3,(H,20,23). The number of carbonyl (C=O) groups excluding carboxylic acids is 2. The van der Waals surface area contributed by atoms with Gasteiger partial charge in [-0.1, -0.05) is 18.2 Å². The first-order valence-electron chi connectivity index (χ1n) is 7.50. The fraction of sp³-hybridized carbons (Fsp3) is 0.278. The lowest BCUT2D eigenvalue weighted by atomic mass is 10.1. The highest BCUT2D eigenvalue weighted by Crippen LogP contribution is 2.22. The van der Waals surface area contributed by atoms with Crippen LogP contribution in [0, 0.1) is 13.8 Å². The number of hydrogen-bond donors (Lipinski definition) is 1. The summed E-state index contributed by atoms with van der Waals surface area (Å²) in [5.41, 5.74) is 3.63. The third-order valence-electron chi connectivity index (χ3n) is 3.74. The van der Waals surface area contributed by atoms with Crippen molar-refractivity contribution < 1.29 is 9.59 Å². The minimum absolute atomic E-state index is 0.00748. The van der Waals surface area contributed by atoms with Crippen molar-refractivity contribution >= 4 is 17.5 Å². The number of nitrogens with one attached hydrogen (secondary N) is 1. The molecular formula is C18H21N3O2. The molecule has 0 fully saturated rings. The van der Waals surface area contributed by atoms with E-state index < -0.39 is 0 Å². The van der Waals surface area contributed by atoms with E-state index in [1.54, 1.807) is 6.20 Å². The number of benzene rings is 1. The Bertz CT molecular complexity index is 699.